The van der Waals surface area contributed by atoms with Crippen LogP contribution in [0.3, 0.4) is 0 Å². The van der Waals surface area contributed by atoms with Crippen LogP contribution in [0.1, 0.15) is 67.8 Å². The van der Waals surface area contributed by atoms with E-state index in [0.717, 1.165) is 37.7 Å². The van der Waals surface area contributed by atoms with Crippen molar-refractivity contribution < 1.29 is 24.2 Å². The van der Waals surface area contributed by atoms with Crippen LogP contribution in [0.4, 0.5) is 10.5 Å². The van der Waals surface area contributed by atoms with Crippen molar-refractivity contribution in [2.24, 2.45) is 0 Å². The summed E-state index contributed by atoms with van der Waals surface area (Å²) in [4.78, 5) is 42.2. The van der Waals surface area contributed by atoms with Gasteiger partial charge in [-0.05, 0) is 50.3 Å². The minimum Gasteiger partial charge on any atom is -0.497 e. The van der Waals surface area contributed by atoms with E-state index >= 15 is 0 Å². The summed E-state index contributed by atoms with van der Waals surface area (Å²) in [5.41, 5.74) is 1.90. The lowest BCUT2D eigenvalue weighted by atomic mass is 9.96. The maximum absolute atomic E-state index is 13.5. The molecule has 3 N–H and O–H groups in total. The molecule has 1 aliphatic carbocycles. The fourth-order valence-electron chi connectivity index (χ4n) is 5.53. The van der Waals surface area contributed by atoms with E-state index < -0.39 is 12.1 Å². The molecule has 216 valence electrons. The van der Waals surface area contributed by atoms with Crippen LogP contribution in [-0.4, -0.2) is 72.8 Å². The van der Waals surface area contributed by atoms with Crippen LogP contribution in [0.2, 0.25) is 0 Å². The van der Waals surface area contributed by atoms with E-state index in [1.54, 1.807) is 28.0 Å². The van der Waals surface area contributed by atoms with E-state index in [4.69, 9.17) is 4.74 Å². The Balaban J connectivity index is 1.51. The van der Waals surface area contributed by atoms with Crippen LogP contribution in [0, 0.1) is 0 Å². The molecule has 9 heteroatoms. The Bertz CT molecular complexity index is 1150. The van der Waals surface area contributed by atoms with Gasteiger partial charge in [-0.2, -0.15) is 0 Å². The number of carbonyl (C=O) groups excluding carboxylic acids is 3. The number of hydrogen-bond donors (Lipinski definition) is 3. The summed E-state index contributed by atoms with van der Waals surface area (Å²) in [7, 11) is 1.52. The molecule has 2 aromatic rings. The first-order valence-corrected chi connectivity index (χ1v) is 14.5. The lowest BCUT2D eigenvalue weighted by Gasteiger charge is -2.32. The van der Waals surface area contributed by atoms with Crippen molar-refractivity contribution in [2.75, 3.05) is 31.6 Å². The van der Waals surface area contributed by atoms with Gasteiger partial charge in [0, 0.05) is 42.9 Å². The second-order valence-corrected chi connectivity index (χ2v) is 10.7. The van der Waals surface area contributed by atoms with Crippen molar-refractivity contribution in [3.63, 3.8) is 0 Å². The van der Waals surface area contributed by atoms with Crippen molar-refractivity contribution in [3.05, 3.63) is 59.7 Å². The Labute approximate surface area is 236 Å². The molecule has 9 nitrogen and oxygen atoms in total. The molecule has 2 atom stereocenters. The van der Waals surface area contributed by atoms with Crippen molar-refractivity contribution in [1.82, 2.24) is 15.5 Å². The number of hydrogen-bond acceptors (Lipinski definition) is 5. The first-order valence-electron chi connectivity index (χ1n) is 14.5. The van der Waals surface area contributed by atoms with Gasteiger partial charge in [0.15, 0.2) is 0 Å². The molecular weight excluding hydrogens is 508 g/mol. The molecule has 0 spiro atoms. The lowest BCUT2D eigenvalue weighted by Crippen LogP contribution is -2.53. The molecule has 2 aromatic carbocycles. The number of rotatable bonds is 11. The number of nitrogens with zero attached hydrogens (tertiary/aromatic N) is 2. The molecule has 0 radical (unpaired) electrons. The van der Waals surface area contributed by atoms with Gasteiger partial charge in [0.05, 0.1) is 25.8 Å². The number of benzene rings is 2. The van der Waals surface area contributed by atoms with Gasteiger partial charge in [-0.1, -0.05) is 49.6 Å². The average Bonchev–Trinajstić information content (AvgIpc) is 3.41. The standard InChI is InChI=1S/C31H42N4O5/c1-3-34(31(39)32-24-13-8-5-9-14-24)21-28(36)27(17-22-11-6-4-7-12-22)33-30(38)23-18-25(20-26(19-23)40-2)35-16-10-15-29(35)37/h4,6-7,11-12,18-20,24,27-28,36H,3,5,8-10,13-17,21H2,1-2H3,(H,32,39)(H,33,38)/t27-,28-/m0/s1. The highest BCUT2D eigenvalue weighted by Crippen LogP contribution is 2.28. The summed E-state index contributed by atoms with van der Waals surface area (Å²) >= 11 is 0. The zero-order chi connectivity index (χ0) is 28.5. The third-order valence-corrected chi connectivity index (χ3v) is 7.86. The van der Waals surface area contributed by atoms with Crippen molar-refractivity contribution in [3.8, 4) is 5.75 Å². The van der Waals surface area contributed by atoms with E-state index in [1.807, 2.05) is 37.3 Å². The van der Waals surface area contributed by atoms with E-state index in [0.29, 0.717) is 42.9 Å². The number of aliphatic hydroxyl groups is 1. The van der Waals surface area contributed by atoms with Crippen molar-refractivity contribution in [1.29, 1.82) is 0 Å². The number of urea groups is 1. The van der Waals surface area contributed by atoms with Gasteiger partial charge in [0.25, 0.3) is 5.91 Å². The number of likely N-dealkylation sites (N-methyl/N-ethyl adjacent to an activating group) is 1. The van der Waals surface area contributed by atoms with Crippen LogP contribution in [0.5, 0.6) is 5.75 Å². The number of aliphatic hydroxyl groups excluding tert-OH is 1. The summed E-state index contributed by atoms with van der Waals surface area (Å²) in [6, 6.07) is 14.0. The Morgan fingerprint density at radius 3 is 2.50 bits per heavy atom. The molecule has 1 aliphatic heterocycles. The summed E-state index contributed by atoms with van der Waals surface area (Å²) < 4.78 is 5.43. The molecule has 1 heterocycles. The molecule has 1 saturated carbocycles. The maximum Gasteiger partial charge on any atom is 0.317 e. The molecule has 4 amide bonds. The van der Waals surface area contributed by atoms with Crippen LogP contribution in [0.25, 0.3) is 0 Å². The van der Waals surface area contributed by atoms with Gasteiger partial charge < -0.3 is 30.3 Å². The zero-order valence-corrected chi connectivity index (χ0v) is 23.6. The number of anilines is 1. The highest BCUT2D eigenvalue weighted by atomic mass is 16.5. The number of methoxy groups -OCH3 is 1. The Morgan fingerprint density at radius 1 is 1.10 bits per heavy atom. The van der Waals surface area contributed by atoms with Gasteiger partial charge >= 0.3 is 6.03 Å². The summed E-state index contributed by atoms with van der Waals surface area (Å²) in [6.07, 6.45) is 6.01. The van der Waals surface area contributed by atoms with Gasteiger partial charge in [0.1, 0.15) is 5.75 Å². The molecule has 4 rings (SSSR count). The second-order valence-electron chi connectivity index (χ2n) is 10.7. The molecule has 40 heavy (non-hydrogen) atoms. The molecular formula is C31H42N4O5. The second kappa shape index (κ2) is 14.2. The topological polar surface area (TPSA) is 111 Å². The minimum absolute atomic E-state index is 0.0168. The van der Waals surface area contributed by atoms with Crippen LogP contribution in [-0.2, 0) is 11.2 Å². The molecule has 0 aromatic heterocycles. The van der Waals surface area contributed by atoms with E-state index in [-0.39, 0.29) is 30.4 Å². The van der Waals surface area contributed by atoms with E-state index in [9.17, 15) is 19.5 Å². The van der Waals surface area contributed by atoms with Crippen LogP contribution >= 0.6 is 0 Å². The summed E-state index contributed by atoms with van der Waals surface area (Å²) in [5.74, 6) is 0.101. The lowest BCUT2D eigenvalue weighted by molar-refractivity contribution is -0.117. The first-order chi connectivity index (χ1) is 19.4. The Hall–Kier alpha value is -3.59. The number of nitrogens with one attached hydrogen (secondary N) is 2. The predicted molar refractivity (Wildman–Crippen MR) is 155 cm³/mol. The van der Waals surface area contributed by atoms with Gasteiger partial charge in [-0.15, -0.1) is 0 Å². The van der Waals surface area contributed by atoms with Gasteiger partial charge in [0.2, 0.25) is 5.91 Å². The van der Waals surface area contributed by atoms with Gasteiger partial charge in [-0.25, -0.2) is 4.79 Å². The minimum atomic E-state index is -1.01. The number of amides is 4. The zero-order valence-electron chi connectivity index (χ0n) is 23.6. The molecule has 1 saturated heterocycles. The Kier molecular flexibility index (Phi) is 10.4. The third kappa shape index (κ3) is 7.75. The fourth-order valence-corrected chi connectivity index (χ4v) is 5.53. The van der Waals surface area contributed by atoms with Crippen LogP contribution < -0.4 is 20.3 Å². The smallest absolute Gasteiger partial charge is 0.317 e. The molecule has 0 bridgehead atoms. The molecule has 2 aliphatic rings. The SMILES string of the molecule is CCN(C[C@H](O)[C@H](Cc1ccccc1)NC(=O)c1cc(OC)cc(N2CCCC2=O)c1)C(=O)NC1CCCCC1. The largest absolute Gasteiger partial charge is 0.497 e. The first kappa shape index (κ1) is 29.4. The quantitative estimate of drug-likeness (QED) is 0.393. The highest BCUT2D eigenvalue weighted by molar-refractivity contribution is 5.99. The summed E-state index contributed by atoms with van der Waals surface area (Å²) in [6.45, 7) is 3.00. The van der Waals surface area contributed by atoms with E-state index in [2.05, 4.69) is 10.6 Å². The fraction of sp³-hybridized carbons (Fsp3) is 0.516. The highest BCUT2D eigenvalue weighted by Gasteiger charge is 2.28. The normalized spacial score (nSPS) is 17.3. The third-order valence-electron chi connectivity index (χ3n) is 7.86. The van der Waals surface area contributed by atoms with Crippen molar-refractivity contribution in [2.45, 2.75) is 76.5 Å². The predicted octanol–water partition coefficient (Wildman–Crippen LogP) is 3.89. The van der Waals surface area contributed by atoms with E-state index in [1.165, 1.54) is 13.5 Å². The average molecular weight is 551 g/mol. The Morgan fingerprint density at radius 2 is 1.85 bits per heavy atom. The molecule has 0 unspecified atom stereocenters. The maximum atomic E-state index is 13.5. The monoisotopic (exact) mass is 550 g/mol. The number of carbonyl (C=O) groups is 3. The molecule has 2 fully saturated rings. The van der Waals surface area contributed by atoms with Gasteiger partial charge in [-0.3, -0.25) is 9.59 Å². The number of ether oxygens (including phenoxy) is 1. The van der Waals surface area contributed by atoms with Crippen LogP contribution in [0.15, 0.2) is 48.5 Å². The van der Waals surface area contributed by atoms with Crippen molar-refractivity contribution >= 4 is 23.5 Å². The summed E-state index contributed by atoms with van der Waals surface area (Å²) in [5, 5.41) is 17.5.